The van der Waals surface area contributed by atoms with E-state index in [9.17, 15) is 0 Å². The molecule has 4 nitrogen and oxygen atoms in total. The first-order valence-electron chi connectivity index (χ1n) is 7.59. The van der Waals surface area contributed by atoms with Gasteiger partial charge in [-0.1, -0.05) is 27.7 Å². The van der Waals surface area contributed by atoms with Crippen LogP contribution in [0.1, 0.15) is 39.1 Å². The standard InChI is InChI=1S/C14H10N4.2C2H6/c1-10-7-13-14(3-2-6-16-13)18(10)12-5-4-11(8-15)17-9-12;2*1-2/h2-7,9H,1H3;2*1-2H3. The monoisotopic (exact) mass is 294 g/mol. The van der Waals surface area contributed by atoms with Crippen LogP contribution >= 0.6 is 0 Å². The van der Waals surface area contributed by atoms with Crippen LogP contribution in [0.3, 0.4) is 0 Å². The summed E-state index contributed by atoms with van der Waals surface area (Å²) in [6, 6.07) is 11.6. The van der Waals surface area contributed by atoms with Crippen LogP contribution in [0.4, 0.5) is 0 Å². The number of rotatable bonds is 1. The molecule has 3 heterocycles. The third-order valence-electron chi connectivity index (χ3n) is 2.88. The van der Waals surface area contributed by atoms with Crippen molar-refractivity contribution in [3.63, 3.8) is 0 Å². The number of hydrogen-bond acceptors (Lipinski definition) is 3. The molecule has 0 aliphatic rings. The van der Waals surface area contributed by atoms with Crippen molar-refractivity contribution in [2.75, 3.05) is 0 Å². The predicted molar refractivity (Wildman–Crippen MR) is 91.0 cm³/mol. The van der Waals surface area contributed by atoms with Gasteiger partial charge in [-0.2, -0.15) is 5.26 Å². The van der Waals surface area contributed by atoms with Crippen LogP contribution in [-0.4, -0.2) is 14.5 Å². The topological polar surface area (TPSA) is 54.5 Å². The molecule has 0 aromatic carbocycles. The summed E-state index contributed by atoms with van der Waals surface area (Å²) in [5, 5.41) is 8.76. The Balaban J connectivity index is 0.000000561. The fourth-order valence-corrected chi connectivity index (χ4v) is 2.09. The van der Waals surface area contributed by atoms with E-state index in [4.69, 9.17) is 5.26 Å². The first-order chi connectivity index (χ1) is 10.8. The van der Waals surface area contributed by atoms with Gasteiger partial charge in [0.25, 0.3) is 0 Å². The molecule has 0 bridgehead atoms. The minimum atomic E-state index is 0.422. The largest absolute Gasteiger partial charge is 0.311 e. The molecule has 0 aliphatic heterocycles. The molecule has 0 atom stereocenters. The number of nitrogens with zero attached hydrogens (tertiary/aromatic N) is 4. The van der Waals surface area contributed by atoms with Crippen LogP contribution < -0.4 is 0 Å². The third kappa shape index (κ3) is 3.50. The van der Waals surface area contributed by atoms with Crippen molar-refractivity contribution in [3.05, 3.63) is 54.1 Å². The second kappa shape index (κ2) is 8.58. The zero-order chi connectivity index (χ0) is 16.5. The number of pyridine rings is 2. The SMILES string of the molecule is CC.CC.Cc1cc2ncccc2n1-c1ccc(C#N)nc1. The van der Waals surface area contributed by atoms with E-state index in [1.54, 1.807) is 18.5 Å². The van der Waals surface area contributed by atoms with E-state index in [0.29, 0.717) is 5.69 Å². The van der Waals surface area contributed by atoms with Crippen molar-refractivity contribution in [3.8, 4) is 11.8 Å². The van der Waals surface area contributed by atoms with Crippen molar-refractivity contribution in [2.45, 2.75) is 34.6 Å². The highest BCUT2D eigenvalue weighted by Crippen LogP contribution is 2.21. The van der Waals surface area contributed by atoms with Crippen molar-refractivity contribution < 1.29 is 0 Å². The molecule has 4 heteroatoms. The van der Waals surface area contributed by atoms with E-state index in [0.717, 1.165) is 22.4 Å². The van der Waals surface area contributed by atoms with Crippen molar-refractivity contribution in [1.29, 1.82) is 5.26 Å². The minimum absolute atomic E-state index is 0.422. The molecule has 0 amide bonds. The Morgan fingerprint density at radius 2 is 1.77 bits per heavy atom. The number of aromatic nitrogens is 3. The maximum absolute atomic E-state index is 8.76. The normalized spacial score (nSPS) is 9.09. The molecule has 0 fully saturated rings. The lowest BCUT2D eigenvalue weighted by Crippen LogP contribution is -1.97. The second-order valence-electron chi connectivity index (χ2n) is 4.04. The molecule has 0 saturated heterocycles. The van der Waals surface area contributed by atoms with Gasteiger partial charge in [0.05, 0.1) is 22.9 Å². The highest BCUT2D eigenvalue weighted by Gasteiger charge is 2.08. The van der Waals surface area contributed by atoms with Crippen LogP contribution in [-0.2, 0) is 0 Å². The van der Waals surface area contributed by atoms with Crippen LogP contribution in [0.25, 0.3) is 16.7 Å². The Bertz CT molecular complexity index is 749. The van der Waals surface area contributed by atoms with Gasteiger partial charge in [-0.25, -0.2) is 4.98 Å². The van der Waals surface area contributed by atoms with E-state index in [1.165, 1.54) is 0 Å². The molecule has 0 N–H and O–H groups in total. The smallest absolute Gasteiger partial charge is 0.140 e. The minimum Gasteiger partial charge on any atom is -0.311 e. The quantitative estimate of drug-likeness (QED) is 0.656. The van der Waals surface area contributed by atoms with Gasteiger partial charge in [-0.3, -0.25) is 4.98 Å². The van der Waals surface area contributed by atoms with E-state index >= 15 is 0 Å². The maximum Gasteiger partial charge on any atom is 0.140 e. The Labute approximate surface area is 132 Å². The van der Waals surface area contributed by atoms with E-state index in [-0.39, 0.29) is 0 Å². The lowest BCUT2D eigenvalue weighted by atomic mass is 10.3. The highest BCUT2D eigenvalue weighted by molar-refractivity contribution is 5.79. The first kappa shape index (κ1) is 17.4. The van der Waals surface area contributed by atoms with Crippen LogP contribution in [0.15, 0.2) is 42.7 Å². The summed E-state index contributed by atoms with van der Waals surface area (Å²) in [4.78, 5) is 8.43. The first-order valence-corrected chi connectivity index (χ1v) is 7.59. The summed E-state index contributed by atoms with van der Waals surface area (Å²) in [6.45, 7) is 10.0. The fourth-order valence-electron chi connectivity index (χ4n) is 2.09. The molecule has 22 heavy (non-hydrogen) atoms. The summed E-state index contributed by atoms with van der Waals surface area (Å²) in [5.74, 6) is 0. The van der Waals surface area contributed by atoms with Crippen LogP contribution in [0.2, 0.25) is 0 Å². The van der Waals surface area contributed by atoms with Gasteiger partial charge >= 0.3 is 0 Å². The highest BCUT2D eigenvalue weighted by atomic mass is 15.0. The van der Waals surface area contributed by atoms with Gasteiger partial charge in [-0.15, -0.1) is 0 Å². The van der Waals surface area contributed by atoms with Gasteiger partial charge in [-0.05, 0) is 37.3 Å². The van der Waals surface area contributed by atoms with Crippen molar-refractivity contribution in [1.82, 2.24) is 14.5 Å². The third-order valence-corrected chi connectivity index (χ3v) is 2.88. The van der Waals surface area contributed by atoms with Gasteiger partial charge < -0.3 is 4.57 Å². The van der Waals surface area contributed by atoms with Crippen LogP contribution in [0.5, 0.6) is 0 Å². The molecule has 0 spiro atoms. The molecular weight excluding hydrogens is 272 g/mol. The Hall–Kier alpha value is -2.67. The lowest BCUT2D eigenvalue weighted by molar-refractivity contribution is 1.03. The van der Waals surface area contributed by atoms with E-state index in [2.05, 4.69) is 14.5 Å². The predicted octanol–water partition coefficient (Wildman–Crippen LogP) is 4.65. The number of hydrogen-bond donors (Lipinski definition) is 0. The molecule has 114 valence electrons. The average Bonchev–Trinajstić information content (AvgIpc) is 2.94. The second-order valence-corrected chi connectivity index (χ2v) is 4.04. The average molecular weight is 294 g/mol. The van der Waals surface area contributed by atoms with Gasteiger partial charge in [0.2, 0.25) is 0 Å². The van der Waals surface area contributed by atoms with E-state index in [1.807, 2.05) is 65.0 Å². The molecule has 0 unspecified atom stereocenters. The molecule has 0 aliphatic carbocycles. The summed E-state index contributed by atoms with van der Waals surface area (Å²) in [6.07, 6.45) is 3.49. The summed E-state index contributed by atoms with van der Waals surface area (Å²) in [7, 11) is 0. The Kier molecular flexibility index (Phi) is 6.78. The molecule has 3 aromatic heterocycles. The van der Waals surface area contributed by atoms with Gasteiger partial charge in [0, 0.05) is 11.9 Å². The molecule has 3 aromatic rings. The number of fused-ring (bicyclic) bond motifs is 1. The summed E-state index contributed by atoms with van der Waals surface area (Å²) in [5.41, 5.74) is 4.46. The fraction of sp³-hybridized carbons (Fsp3) is 0.278. The molecule has 3 rings (SSSR count). The zero-order valence-electron chi connectivity index (χ0n) is 13.8. The lowest BCUT2D eigenvalue weighted by Gasteiger charge is -2.07. The molecule has 0 saturated carbocycles. The van der Waals surface area contributed by atoms with Gasteiger partial charge in [0.15, 0.2) is 0 Å². The Morgan fingerprint density at radius 1 is 1.05 bits per heavy atom. The Morgan fingerprint density at radius 3 is 2.36 bits per heavy atom. The summed E-state index contributed by atoms with van der Waals surface area (Å²) < 4.78 is 2.08. The molecule has 0 radical (unpaired) electrons. The molecular formula is C18H22N4. The summed E-state index contributed by atoms with van der Waals surface area (Å²) >= 11 is 0. The van der Waals surface area contributed by atoms with E-state index < -0.39 is 0 Å². The van der Waals surface area contributed by atoms with Gasteiger partial charge in [0.1, 0.15) is 11.8 Å². The van der Waals surface area contributed by atoms with Crippen molar-refractivity contribution in [2.24, 2.45) is 0 Å². The maximum atomic E-state index is 8.76. The van der Waals surface area contributed by atoms with Crippen LogP contribution in [0, 0.1) is 18.3 Å². The van der Waals surface area contributed by atoms with Crippen molar-refractivity contribution >= 4 is 11.0 Å². The number of aryl methyl sites for hydroxylation is 1. The number of nitriles is 1. The zero-order valence-corrected chi connectivity index (χ0v) is 13.8.